The number of carbonyl (C=O) groups excluding carboxylic acids is 2. The Balaban J connectivity index is 1.50. The van der Waals surface area contributed by atoms with E-state index in [4.69, 9.17) is 0 Å². The van der Waals surface area contributed by atoms with Crippen LogP contribution in [0.3, 0.4) is 0 Å². The Labute approximate surface area is 196 Å². The van der Waals surface area contributed by atoms with E-state index in [9.17, 15) is 9.59 Å². The van der Waals surface area contributed by atoms with Crippen LogP contribution in [0.4, 0.5) is 0 Å². The van der Waals surface area contributed by atoms with E-state index in [0.29, 0.717) is 18.5 Å². The Kier molecular flexibility index (Phi) is 9.62. The third-order valence-corrected chi connectivity index (χ3v) is 6.68. The van der Waals surface area contributed by atoms with Crippen LogP contribution in [0.2, 0.25) is 0 Å². The quantitative estimate of drug-likeness (QED) is 0.569. The maximum absolute atomic E-state index is 12.8. The summed E-state index contributed by atoms with van der Waals surface area (Å²) in [7, 11) is 0. The van der Waals surface area contributed by atoms with Crippen molar-refractivity contribution in [3.63, 3.8) is 0 Å². The molecule has 1 aliphatic heterocycles. The van der Waals surface area contributed by atoms with Crippen molar-refractivity contribution in [2.24, 2.45) is 5.92 Å². The number of piperidine rings is 1. The molecule has 1 saturated heterocycles. The number of benzene rings is 2. The lowest BCUT2D eigenvalue weighted by molar-refractivity contribution is -0.123. The molecule has 0 bridgehead atoms. The lowest BCUT2D eigenvalue weighted by Gasteiger charge is -2.30. The minimum Gasteiger partial charge on any atom is -0.350 e. The van der Waals surface area contributed by atoms with E-state index in [1.54, 1.807) is 23.9 Å². The van der Waals surface area contributed by atoms with Gasteiger partial charge in [0.2, 0.25) is 5.91 Å². The van der Waals surface area contributed by atoms with Gasteiger partial charge in [-0.05, 0) is 73.5 Å². The van der Waals surface area contributed by atoms with Crippen LogP contribution >= 0.6 is 11.8 Å². The van der Waals surface area contributed by atoms with E-state index in [1.165, 1.54) is 31.5 Å². The zero-order valence-corrected chi connectivity index (χ0v) is 20.0. The van der Waals surface area contributed by atoms with E-state index >= 15 is 0 Å². The average molecular weight is 454 g/mol. The highest BCUT2D eigenvalue weighted by Gasteiger charge is 2.21. The van der Waals surface area contributed by atoms with E-state index in [-0.39, 0.29) is 11.8 Å². The predicted molar refractivity (Wildman–Crippen MR) is 133 cm³/mol. The van der Waals surface area contributed by atoms with Crippen LogP contribution in [-0.4, -0.2) is 47.9 Å². The molecule has 2 aromatic rings. The molecule has 0 saturated carbocycles. The first-order chi connectivity index (χ1) is 15.5. The maximum atomic E-state index is 12.8. The van der Waals surface area contributed by atoms with Gasteiger partial charge in [-0.2, -0.15) is 11.8 Å². The molecule has 1 fully saturated rings. The first-order valence-electron chi connectivity index (χ1n) is 11.5. The smallest absolute Gasteiger partial charge is 0.251 e. The molecule has 1 atom stereocenters. The molecule has 1 aliphatic rings. The number of amides is 2. The first kappa shape index (κ1) is 24.3. The van der Waals surface area contributed by atoms with Crippen LogP contribution in [-0.2, 0) is 17.9 Å². The van der Waals surface area contributed by atoms with Gasteiger partial charge in [-0.25, -0.2) is 0 Å². The van der Waals surface area contributed by atoms with Crippen molar-refractivity contribution in [1.29, 1.82) is 0 Å². The highest BCUT2D eigenvalue weighted by Crippen LogP contribution is 2.18. The number of carbonyl (C=O) groups is 2. The normalized spacial score (nSPS) is 15.8. The number of nitrogens with zero attached hydrogens (tertiary/aromatic N) is 1. The highest BCUT2D eigenvalue weighted by atomic mass is 32.2. The second-order valence-corrected chi connectivity index (χ2v) is 9.65. The summed E-state index contributed by atoms with van der Waals surface area (Å²) >= 11 is 1.67. The molecule has 6 heteroatoms. The molecule has 32 heavy (non-hydrogen) atoms. The van der Waals surface area contributed by atoms with Crippen LogP contribution in [0, 0.1) is 5.92 Å². The lowest BCUT2D eigenvalue weighted by Crippen LogP contribution is -2.46. The number of nitrogens with one attached hydrogen (secondary N) is 2. The van der Waals surface area contributed by atoms with Gasteiger partial charge in [-0.1, -0.05) is 49.4 Å². The Bertz CT molecular complexity index is 849. The van der Waals surface area contributed by atoms with Gasteiger partial charge in [-0.15, -0.1) is 0 Å². The first-order valence-corrected chi connectivity index (χ1v) is 12.9. The van der Waals surface area contributed by atoms with E-state index in [1.807, 2.05) is 24.5 Å². The summed E-state index contributed by atoms with van der Waals surface area (Å²) in [5, 5.41) is 5.89. The van der Waals surface area contributed by atoms with E-state index in [2.05, 4.69) is 46.7 Å². The summed E-state index contributed by atoms with van der Waals surface area (Å²) in [6.45, 7) is 6.12. The summed E-state index contributed by atoms with van der Waals surface area (Å²) in [5.41, 5.74) is 2.93. The van der Waals surface area contributed by atoms with Crippen LogP contribution in [0.5, 0.6) is 0 Å². The second kappa shape index (κ2) is 12.7. The van der Waals surface area contributed by atoms with Crippen molar-refractivity contribution >= 4 is 23.6 Å². The fourth-order valence-corrected chi connectivity index (χ4v) is 4.36. The molecule has 2 amide bonds. The Morgan fingerprint density at radius 3 is 2.34 bits per heavy atom. The summed E-state index contributed by atoms with van der Waals surface area (Å²) in [5.74, 6) is 1.28. The lowest BCUT2D eigenvalue weighted by atomic mass is 9.99. The summed E-state index contributed by atoms with van der Waals surface area (Å²) in [4.78, 5) is 27.8. The third-order valence-electron chi connectivity index (χ3n) is 6.04. The monoisotopic (exact) mass is 453 g/mol. The van der Waals surface area contributed by atoms with Gasteiger partial charge in [0.15, 0.2) is 0 Å². The average Bonchev–Trinajstić information content (AvgIpc) is 2.83. The van der Waals surface area contributed by atoms with Gasteiger partial charge in [-0.3, -0.25) is 14.5 Å². The fourth-order valence-electron chi connectivity index (χ4n) is 3.89. The summed E-state index contributed by atoms with van der Waals surface area (Å²) < 4.78 is 0. The molecule has 1 heterocycles. The number of rotatable bonds is 10. The zero-order chi connectivity index (χ0) is 22.8. The molecule has 2 N–H and O–H groups in total. The number of likely N-dealkylation sites (tertiary alicyclic amines) is 1. The standard InChI is InChI=1S/C26H35N3O2S/c1-20-12-15-29(16-13-20)19-22-10-8-21(9-11-22)18-27-26(31)24(14-17-32-2)28-25(30)23-6-4-3-5-7-23/h3-11,20,24H,12-19H2,1-2H3,(H,27,31)(H,28,30)/t24-/m0/s1. The van der Waals surface area contributed by atoms with Gasteiger partial charge in [0.25, 0.3) is 5.91 Å². The zero-order valence-electron chi connectivity index (χ0n) is 19.2. The van der Waals surface area contributed by atoms with Crippen LogP contribution in [0.1, 0.15) is 47.7 Å². The minimum atomic E-state index is -0.545. The molecule has 0 spiro atoms. The molecule has 0 aliphatic carbocycles. The molecular weight excluding hydrogens is 418 g/mol. The van der Waals surface area contributed by atoms with Crippen molar-refractivity contribution < 1.29 is 9.59 Å². The van der Waals surface area contributed by atoms with Crippen LogP contribution in [0.25, 0.3) is 0 Å². The summed E-state index contributed by atoms with van der Waals surface area (Å²) in [6.07, 6.45) is 5.16. The third kappa shape index (κ3) is 7.68. The van der Waals surface area contributed by atoms with Crippen molar-refractivity contribution in [1.82, 2.24) is 15.5 Å². The minimum absolute atomic E-state index is 0.144. The van der Waals surface area contributed by atoms with Gasteiger partial charge in [0.1, 0.15) is 6.04 Å². The van der Waals surface area contributed by atoms with Crippen molar-refractivity contribution in [2.75, 3.05) is 25.1 Å². The molecule has 0 radical (unpaired) electrons. The molecule has 0 unspecified atom stereocenters. The molecule has 5 nitrogen and oxygen atoms in total. The van der Waals surface area contributed by atoms with Gasteiger partial charge in [0, 0.05) is 18.7 Å². The van der Waals surface area contributed by atoms with Gasteiger partial charge in [0.05, 0.1) is 0 Å². The molecule has 172 valence electrons. The Morgan fingerprint density at radius 2 is 1.69 bits per heavy atom. The maximum Gasteiger partial charge on any atom is 0.251 e. The molecule has 0 aromatic heterocycles. The topological polar surface area (TPSA) is 61.4 Å². The molecule has 2 aromatic carbocycles. The number of hydrogen-bond donors (Lipinski definition) is 2. The predicted octanol–water partition coefficient (Wildman–Crippen LogP) is 4.09. The summed E-state index contributed by atoms with van der Waals surface area (Å²) in [6, 6.07) is 17.0. The molecule has 3 rings (SSSR count). The Hall–Kier alpha value is -2.31. The SMILES string of the molecule is CSCC[C@H](NC(=O)c1ccccc1)C(=O)NCc1ccc(CN2CCC(C)CC2)cc1. The number of thioether (sulfide) groups is 1. The Morgan fingerprint density at radius 1 is 1.03 bits per heavy atom. The second-order valence-electron chi connectivity index (χ2n) is 8.67. The van der Waals surface area contributed by atoms with Crippen LogP contribution < -0.4 is 10.6 Å². The van der Waals surface area contributed by atoms with Crippen molar-refractivity contribution in [3.8, 4) is 0 Å². The molecular formula is C26H35N3O2S. The van der Waals surface area contributed by atoms with Gasteiger partial charge >= 0.3 is 0 Å². The van der Waals surface area contributed by atoms with Crippen LogP contribution in [0.15, 0.2) is 54.6 Å². The van der Waals surface area contributed by atoms with Crippen molar-refractivity contribution in [2.45, 2.75) is 45.3 Å². The fraction of sp³-hybridized carbons (Fsp3) is 0.462. The number of hydrogen-bond acceptors (Lipinski definition) is 4. The van der Waals surface area contributed by atoms with E-state index < -0.39 is 6.04 Å². The van der Waals surface area contributed by atoms with Gasteiger partial charge < -0.3 is 10.6 Å². The largest absolute Gasteiger partial charge is 0.350 e. The van der Waals surface area contributed by atoms with E-state index in [0.717, 1.165) is 23.8 Å². The highest BCUT2D eigenvalue weighted by molar-refractivity contribution is 7.98. The van der Waals surface area contributed by atoms with Crippen molar-refractivity contribution in [3.05, 3.63) is 71.3 Å².